The molecule has 1 aliphatic heterocycles. The lowest BCUT2D eigenvalue weighted by atomic mass is 9.99. The minimum atomic E-state index is -0.774. The maximum absolute atomic E-state index is 13.7. The molecule has 2 heterocycles. The average molecular weight is 500 g/mol. The van der Waals surface area contributed by atoms with Crippen molar-refractivity contribution >= 4 is 11.8 Å². The molecule has 1 atom stereocenters. The van der Waals surface area contributed by atoms with Crippen molar-refractivity contribution < 1.29 is 18.5 Å². The van der Waals surface area contributed by atoms with Crippen LogP contribution in [-0.2, 0) is 13.0 Å². The molecule has 2 aromatic rings. The summed E-state index contributed by atoms with van der Waals surface area (Å²) in [7, 11) is 0. The number of amides is 2. The van der Waals surface area contributed by atoms with Crippen LogP contribution >= 0.6 is 0 Å². The molecule has 0 bridgehead atoms. The molecule has 0 radical (unpaired) electrons. The van der Waals surface area contributed by atoms with E-state index in [0.29, 0.717) is 17.4 Å². The van der Waals surface area contributed by atoms with Gasteiger partial charge < -0.3 is 4.42 Å². The summed E-state index contributed by atoms with van der Waals surface area (Å²) in [5.74, 6) is -0.938. The molecule has 1 N–H and O–H groups in total. The lowest BCUT2D eigenvalue weighted by Crippen LogP contribution is -2.62. The Bertz CT molecular complexity index is 1040. The molecule has 0 spiro atoms. The fourth-order valence-electron chi connectivity index (χ4n) is 5.04. The van der Waals surface area contributed by atoms with Crippen molar-refractivity contribution in [3.05, 3.63) is 52.3 Å². The standard InChI is InChI=1S/C28H42N4O4/c1-21(2)19-24(25(33)26-30-31(20-22(3)4)28(35)36-26)29-27(34)32(16-10-6-11-17-32)18-12-9-15-23-13-7-5-8-14-23/h5,7-8,13-14,21-22,24H,6,9-12,15-20H2,1-4H3/p+1/t24-/m0/s1. The highest BCUT2D eigenvalue weighted by molar-refractivity contribution is 5.97. The molecule has 1 aromatic heterocycles. The molecule has 8 heteroatoms. The first kappa shape index (κ1) is 27.8. The fourth-order valence-corrected chi connectivity index (χ4v) is 5.04. The van der Waals surface area contributed by atoms with E-state index in [1.54, 1.807) is 0 Å². The van der Waals surface area contributed by atoms with E-state index < -0.39 is 17.6 Å². The van der Waals surface area contributed by atoms with Gasteiger partial charge >= 0.3 is 11.8 Å². The minimum Gasteiger partial charge on any atom is -0.384 e. The number of hydrogen-bond donors (Lipinski definition) is 1. The van der Waals surface area contributed by atoms with Crippen molar-refractivity contribution in [2.24, 2.45) is 11.8 Å². The molecule has 8 nitrogen and oxygen atoms in total. The lowest BCUT2D eigenvalue weighted by molar-refractivity contribution is -0.856. The number of unbranched alkanes of at least 4 members (excludes halogenated alkanes) is 1. The highest BCUT2D eigenvalue weighted by atomic mass is 16.4. The van der Waals surface area contributed by atoms with Gasteiger partial charge in [0.25, 0.3) is 5.89 Å². The first-order valence-electron chi connectivity index (χ1n) is 13.5. The molecule has 0 unspecified atom stereocenters. The first-order chi connectivity index (χ1) is 17.2. The molecule has 3 rings (SSSR count). The first-order valence-corrected chi connectivity index (χ1v) is 13.5. The third-order valence-corrected chi connectivity index (χ3v) is 6.92. The monoisotopic (exact) mass is 499 g/mol. The van der Waals surface area contributed by atoms with Gasteiger partial charge in [-0.3, -0.25) is 10.1 Å². The number of nitrogens with zero attached hydrogens (tertiary/aromatic N) is 3. The quantitative estimate of drug-likeness (QED) is 0.257. The molecule has 1 aromatic carbocycles. The van der Waals surface area contributed by atoms with Crippen LogP contribution in [0.25, 0.3) is 0 Å². The second kappa shape index (κ2) is 13.0. The van der Waals surface area contributed by atoms with Crippen molar-refractivity contribution in [2.45, 2.75) is 85.2 Å². The Hall–Kier alpha value is -2.74. The third kappa shape index (κ3) is 7.63. The number of aryl methyl sites for hydroxylation is 1. The highest BCUT2D eigenvalue weighted by Gasteiger charge is 2.40. The maximum atomic E-state index is 13.7. The number of ketones is 1. The van der Waals surface area contributed by atoms with Gasteiger partial charge in [0.1, 0.15) is 6.04 Å². The van der Waals surface area contributed by atoms with Gasteiger partial charge in [0.05, 0.1) is 26.2 Å². The molecular formula is C28H43N4O4+. The zero-order valence-corrected chi connectivity index (χ0v) is 22.4. The van der Waals surface area contributed by atoms with Gasteiger partial charge in [-0.15, -0.1) is 5.10 Å². The number of rotatable bonds is 12. The summed E-state index contributed by atoms with van der Waals surface area (Å²) < 4.78 is 6.76. The van der Waals surface area contributed by atoms with Gasteiger partial charge in [-0.25, -0.2) is 14.1 Å². The summed E-state index contributed by atoms with van der Waals surface area (Å²) in [5, 5.41) is 7.19. The Balaban J connectivity index is 1.71. The van der Waals surface area contributed by atoms with Crippen molar-refractivity contribution in [1.29, 1.82) is 0 Å². The largest absolute Gasteiger partial charge is 0.437 e. The molecule has 1 aliphatic rings. The van der Waals surface area contributed by atoms with E-state index in [1.807, 2.05) is 33.8 Å². The Morgan fingerprint density at radius 3 is 2.36 bits per heavy atom. The zero-order valence-electron chi connectivity index (χ0n) is 22.4. The molecule has 1 saturated heterocycles. The summed E-state index contributed by atoms with van der Waals surface area (Å²) in [4.78, 5) is 39.2. The Labute approximate surface area is 214 Å². The predicted octanol–water partition coefficient (Wildman–Crippen LogP) is 4.82. The Morgan fingerprint density at radius 1 is 1.03 bits per heavy atom. The number of benzene rings is 1. The molecule has 1 fully saturated rings. The number of piperidine rings is 1. The number of likely N-dealkylation sites (tertiary alicyclic amines) is 1. The van der Waals surface area contributed by atoms with Gasteiger partial charge in [0, 0.05) is 0 Å². The van der Waals surface area contributed by atoms with E-state index in [2.05, 4.69) is 34.7 Å². The summed E-state index contributed by atoms with van der Waals surface area (Å²) in [6.45, 7) is 10.7. The van der Waals surface area contributed by atoms with Gasteiger partial charge in [0.15, 0.2) is 0 Å². The van der Waals surface area contributed by atoms with Crippen molar-refractivity contribution in [3.63, 3.8) is 0 Å². The molecule has 0 saturated carbocycles. The van der Waals surface area contributed by atoms with E-state index >= 15 is 0 Å². The number of nitrogens with one attached hydrogen (secondary N) is 1. The van der Waals surface area contributed by atoms with Crippen molar-refractivity contribution in [3.8, 4) is 0 Å². The van der Waals surface area contributed by atoms with E-state index in [9.17, 15) is 14.4 Å². The number of quaternary nitrogens is 1. The zero-order chi connectivity index (χ0) is 26.1. The second-order valence-electron chi connectivity index (χ2n) is 11.1. The van der Waals surface area contributed by atoms with Crippen LogP contribution in [0.1, 0.15) is 82.5 Å². The van der Waals surface area contributed by atoms with Gasteiger partial charge in [-0.2, -0.15) is 4.68 Å². The van der Waals surface area contributed by atoms with E-state index in [-0.39, 0.29) is 23.8 Å². The van der Waals surface area contributed by atoms with Gasteiger partial charge in [-0.05, 0) is 62.3 Å². The number of carbonyl (C=O) groups is 2. The van der Waals surface area contributed by atoms with Crippen LogP contribution in [0.5, 0.6) is 0 Å². The third-order valence-electron chi connectivity index (χ3n) is 6.92. The fraction of sp³-hybridized carbons (Fsp3) is 0.643. The van der Waals surface area contributed by atoms with Crippen LogP contribution in [-0.4, -0.2) is 51.8 Å². The van der Waals surface area contributed by atoms with Gasteiger partial charge in [-0.1, -0.05) is 58.0 Å². The summed E-state index contributed by atoms with van der Waals surface area (Å²) in [6, 6.07) is 9.54. The van der Waals surface area contributed by atoms with E-state index in [0.717, 1.165) is 58.2 Å². The molecule has 0 aliphatic carbocycles. The molecule has 2 amide bonds. The maximum Gasteiger partial charge on any atom is 0.437 e. The SMILES string of the molecule is CC(C)C[C@H](NC(=O)[N+]1(CCCCc2ccccc2)CCCCC1)C(=O)c1nn(CC(C)C)c(=O)o1. The van der Waals surface area contributed by atoms with E-state index in [1.165, 1.54) is 10.2 Å². The second-order valence-corrected chi connectivity index (χ2v) is 11.1. The Morgan fingerprint density at radius 2 is 1.72 bits per heavy atom. The van der Waals surface area contributed by atoms with Crippen LogP contribution in [0.4, 0.5) is 4.79 Å². The van der Waals surface area contributed by atoms with Crippen molar-refractivity contribution in [1.82, 2.24) is 15.1 Å². The lowest BCUT2D eigenvalue weighted by Gasteiger charge is -2.39. The van der Waals surface area contributed by atoms with E-state index in [4.69, 9.17) is 4.42 Å². The predicted molar refractivity (Wildman–Crippen MR) is 140 cm³/mol. The summed E-state index contributed by atoms with van der Waals surface area (Å²) >= 11 is 0. The molecular weight excluding hydrogens is 456 g/mol. The summed E-state index contributed by atoms with van der Waals surface area (Å²) in [5.41, 5.74) is 1.31. The smallest absolute Gasteiger partial charge is 0.384 e. The van der Waals surface area contributed by atoms with Crippen LogP contribution in [0.15, 0.2) is 39.5 Å². The minimum absolute atomic E-state index is 0.0997. The topological polar surface area (TPSA) is 94.2 Å². The van der Waals surface area contributed by atoms with Crippen LogP contribution in [0, 0.1) is 11.8 Å². The average Bonchev–Trinajstić information content (AvgIpc) is 3.21. The number of Topliss-reactive ketones (excluding diaryl/α,β-unsaturated/α-hetero) is 1. The number of hydrogen-bond acceptors (Lipinski definition) is 5. The molecule has 198 valence electrons. The van der Waals surface area contributed by atoms with Crippen LogP contribution in [0.2, 0.25) is 0 Å². The van der Waals surface area contributed by atoms with Crippen LogP contribution in [0.3, 0.4) is 0 Å². The van der Waals surface area contributed by atoms with Crippen LogP contribution < -0.4 is 11.1 Å². The molecule has 36 heavy (non-hydrogen) atoms. The number of urea groups is 1. The number of carbonyl (C=O) groups excluding carboxylic acids is 2. The van der Waals surface area contributed by atoms with Gasteiger partial charge in [0.2, 0.25) is 5.78 Å². The normalized spacial score (nSPS) is 16.3. The van der Waals surface area contributed by atoms with Crippen molar-refractivity contribution in [2.75, 3.05) is 19.6 Å². The summed E-state index contributed by atoms with van der Waals surface area (Å²) in [6.07, 6.45) is 6.55. The highest BCUT2D eigenvalue weighted by Crippen LogP contribution is 2.22. The Kier molecular flexibility index (Phi) is 10.0. The number of aromatic nitrogens is 2.